The first-order valence-electron chi connectivity index (χ1n) is 9.41. The highest BCUT2D eigenvalue weighted by Crippen LogP contribution is 2.28. The summed E-state index contributed by atoms with van der Waals surface area (Å²) in [5.41, 5.74) is 0.119. The topological polar surface area (TPSA) is 34.1 Å². The van der Waals surface area contributed by atoms with Crippen LogP contribution in [-0.2, 0) is 9.59 Å². The standard InChI is InChI=1S/C20H38O2/c1-20(2,3)19(18-22)16-14-12-10-8-6-4-5-7-9-11-13-15-17-21/h17-19H,4-16H2,1-3H3. The molecule has 22 heavy (non-hydrogen) atoms. The maximum atomic E-state index is 11.1. The van der Waals surface area contributed by atoms with Crippen molar-refractivity contribution in [1.29, 1.82) is 0 Å². The third kappa shape index (κ3) is 13.0. The number of rotatable bonds is 15. The van der Waals surface area contributed by atoms with Crippen molar-refractivity contribution in [2.24, 2.45) is 11.3 Å². The average molecular weight is 311 g/mol. The molecule has 0 aliphatic carbocycles. The molecule has 0 fully saturated rings. The summed E-state index contributed by atoms with van der Waals surface area (Å²) in [6.07, 6.45) is 18.0. The highest BCUT2D eigenvalue weighted by Gasteiger charge is 2.23. The minimum absolute atomic E-state index is 0.119. The molecule has 2 heteroatoms. The quantitative estimate of drug-likeness (QED) is 0.270. The number of hydrogen-bond donors (Lipinski definition) is 0. The van der Waals surface area contributed by atoms with E-state index < -0.39 is 0 Å². The molecule has 0 aromatic heterocycles. The van der Waals surface area contributed by atoms with Crippen molar-refractivity contribution in [2.75, 3.05) is 0 Å². The van der Waals surface area contributed by atoms with Crippen molar-refractivity contribution < 1.29 is 9.59 Å². The van der Waals surface area contributed by atoms with Crippen LogP contribution in [0.5, 0.6) is 0 Å². The molecule has 0 amide bonds. The van der Waals surface area contributed by atoms with Gasteiger partial charge in [-0.05, 0) is 18.3 Å². The van der Waals surface area contributed by atoms with Crippen molar-refractivity contribution in [2.45, 2.75) is 104 Å². The zero-order valence-electron chi connectivity index (χ0n) is 15.2. The van der Waals surface area contributed by atoms with E-state index >= 15 is 0 Å². The van der Waals surface area contributed by atoms with Gasteiger partial charge < -0.3 is 9.59 Å². The van der Waals surface area contributed by atoms with Gasteiger partial charge in [0.15, 0.2) is 0 Å². The van der Waals surface area contributed by atoms with Gasteiger partial charge in [0.1, 0.15) is 12.6 Å². The van der Waals surface area contributed by atoms with Crippen LogP contribution in [-0.4, -0.2) is 12.6 Å². The van der Waals surface area contributed by atoms with E-state index in [1.807, 2.05) is 0 Å². The minimum atomic E-state index is 0.119. The van der Waals surface area contributed by atoms with Crippen molar-refractivity contribution in [3.63, 3.8) is 0 Å². The molecule has 0 aromatic rings. The Morgan fingerprint density at radius 3 is 1.45 bits per heavy atom. The summed E-state index contributed by atoms with van der Waals surface area (Å²) in [5, 5.41) is 0. The molecule has 0 bridgehead atoms. The lowest BCUT2D eigenvalue weighted by Crippen LogP contribution is -2.21. The molecule has 1 atom stereocenters. The molecule has 0 N–H and O–H groups in total. The molecule has 0 aliphatic rings. The van der Waals surface area contributed by atoms with Gasteiger partial charge in [0.2, 0.25) is 0 Å². The second kappa shape index (κ2) is 14.0. The highest BCUT2D eigenvalue weighted by molar-refractivity contribution is 5.54. The Hall–Kier alpha value is -0.660. The Bertz CT molecular complexity index is 265. The lowest BCUT2D eigenvalue weighted by molar-refractivity contribution is -0.114. The second-order valence-electron chi connectivity index (χ2n) is 7.74. The summed E-state index contributed by atoms with van der Waals surface area (Å²) >= 11 is 0. The normalized spacial score (nSPS) is 13.0. The van der Waals surface area contributed by atoms with Crippen LogP contribution < -0.4 is 0 Å². The number of hydrogen-bond acceptors (Lipinski definition) is 2. The Morgan fingerprint density at radius 2 is 1.09 bits per heavy atom. The van der Waals surface area contributed by atoms with Crippen molar-refractivity contribution in [3.8, 4) is 0 Å². The third-order valence-electron chi connectivity index (χ3n) is 4.61. The van der Waals surface area contributed by atoms with Gasteiger partial charge in [0.05, 0.1) is 0 Å². The summed E-state index contributed by atoms with van der Waals surface area (Å²) in [4.78, 5) is 21.3. The lowest BCUT2D eigenvalue weighted by Gasteiger charge is -2.25. The maximum Gasteiger partial charge on any atom is 0.123 e. The smallest absolute Gasteiger partial charge is 0.123 e. The lowest BCUT2D eigenvalue weighted by atomic mass is 9.79. The molecule has 0 radical (unpaired) electrons. The molecule has 0 aromatic carbocycles. The first-order valence-corrected chi connectivity index (χ1v) is 9.41. The molecule has 0 heterocycles. The molecule has 0 saturated carbocycles. The van der Waals surface area contributed by atoms with Crippen LogP contribution in [0.1, 0.15) is 104 Å². The largest absolute Gasteiger partial charge is 0.303 e. The number of aldehydes is 2. The molecule has 2 nitrogen and oxygen atoms in total. The summed E-state index contributed by atoms with van der Waals surface area (Å²) in [5.74, 6) is 0.215. The van der Waals surface area contributed by atoms with Crippen molar-refractivity contribution in [1.82, 2.24) is 0 Å². The van der Waals surface area contributed by atoms with Crippen LogP contribution in [0.2, 0.25) is 0 Å². The van der Waals surface area contributed by atoms with Crippen LogP contribution in [0, 0.1) is 11.3 Å². The Balaban J connectivity index is 3.27. The summed E-state index contributed by atoms with van der Waals surface area (Å²) in [6, 6.07) is 0. The van der Waals surface area contributed by atoms with Crippen LogP contribution in [0.3, 0.4) is 0 Å². The first kappa shape index (κ1) is 21.3. The van der Waals surface area contributed by atoms with Gasteiger partial charge in [0, 0.05) is 12.3 Å². The van der Waals surface area contributed by atoms with E-state index in [-0.39, 0.29) is 11.3 Å². The zero-order chi connectivity index (χ0) is 16.7. The van der Waals surface area contributed by atoms with E-state index in [0.29, 0.717) is 0 Å². The fourth-order valence-corrected chi connectivity index (χ4v) is 2.89. The van der Waals surface area contributed by atoms with E-state index in [4.69, 9.17) is 0 Å². The fourth-order valence-electron chi connectivity index (χ4n) is 2.89. The van der Waals surface area contributed by atoms with Gasteiger partial charge in [-0.1, -0.05) is 85.0 Å². The molecular formula is C20H38O2. The van der Waals surface area contributed by atoms with E-state index in [1.54, 1.807) is 0 Å². The maximum absolute atomic E-state index is 11.1. The monoisotopic (exact) mass is 310 g/mol. The van der Waals surface area contributed by atoms with E-state index in [2.05, 4.69) is 20.8 Å². The Labute approximate surface area is 138 Å². The van der Waals surface area contributed by atoms with Gasteiger partial charge in [-0.3, -0.25) is 0 Å². The SMILES string of the molecule is CC(C)(C)C(C=O)CCCCCCCCCCCCCC=O. The molecule has 0 rings (SSSR count). The van der Waals surface area contributed by atoms with Crippen LogP contribution in [0.25, 0.3) is 0 Å². The minimum Gasteiger partial charge on any atom is -0.303 e. The third-order valence-corrected chi connectivity index (χ3v) is 4.61. The second-order valence-corrected chi connectivity index (χ2v) is 7.74. The molecular weight excluding hydrogens is 272 g/mol. The predicted molar refractivity (Wildman–Crippen MR) is 95.1 cm³/mol. The Kier molecular flexibility index (Phi) is 13.5. The first-order chi connectivity index (χ1) is 10.5. The summed E-state index contributed by atoms with van der Waals surface area (Å²) in [6.45, 7) is 6.47. The average Bonchev–Trinajstić information content (AvgIpc) is 2.46. The van der Waals surface area contributed by atoms with E-state index in [1.165, 1.54) is 64.2 Å². The van der Waals surface area contributed by atoms with Gasteiger partial charge in [0.25, 0.3) is 0 Å². The van der Waals surface area contributed by atoms with Gasteiger partial charge >= 0.3 is 0 Å². The van der Waals surface area contributed by atoms with E-state index in [9.17, 15) is 9.59 Å². The molecule has 0 spiro atoms. The van der Waals surface area contributed by atoms with Gasteiger partial charge in [-0.25, -0.2) is 0 Å². The summed E-state index contributed by atoms with van der Waals surface area (Å²) in [7, 11) is 0. The van der Waals surface area contributed by atoms with Crippen LogP contribution in [0.15, 0.2) is 0 Å². The number of carbonyl (C=O) groups is 2. The number of carbonyl (C=O) groups excluding carboxylic acids is 2. The number of unbranched alkanes of at least 4 members (excludes halogenated alkanes) is 11. The Morgan fingerprint density at radius 1 is 0.682 bits per heavy atom. The fraction of sp³-hybridized carbons (Fsp3) is 0.900. The van der Waals surface area contributed by atoms with Gasteiger partial charge in [-0.15, -0.1) is 0 Å². The zero-order valence-corrected chi connectivity index (χ0v) is 15.2. The van der Waals surface area contributed by atoms with E-state index in [0.717, 1.165) is 31.8 Å². The molecule has 130 valence electrons. The van der Waals surface area contributed by atoms with Crippen LogP contribution >= 0.6 is 0 Å². The predicted octanol–water partition coefficient (Wildman–Crippen LogP) is 6.12. The van der Waals surface area contributed by atoms with Crippen LogP contribution in [0.4, 0.5) is 0 Å². The molecule has 0 saturated heterocycles. The molecule has 0 aliphatic heterocycles. The highest BCUT2D eigenvalue weighted by atomic mass is 16.1. The van der Waals surface area contributed by atoms with Gasteiger partial charge in [-0.2, -0.15) is 0 Å². The van der Waals surface area contributed by atoms with Crippen molar-refractivity contribution >= 4 is 12.6 Å². The summed E-state index contributed by atoms with van der Waals surface area (Å²) < 4.78 is 0. The van der Waals surface area contributed by atoms with Crippen molar-refractivity contribution in [3.05, 3.63) is 0 Å². The molecule has 1 unspecified atom stereocenters.